The van der Waals surface area contributed by atoms with Crippen molar-refractivity contribution in [1.29, 1.82) is 0 Å². The average Bonchev–Trinajstić information content (AvgIpc) is 3.61. The summed E-state index contributed by atoms with van der Waals surface area (Å²) in [4.78, 5) is 26.2. The van der Waals surface area contributed by atoms with Crippen LogP contribution in [0.5, 0.6) is 5.75 Å². The highest BCUT2D eigenvalue weighted by Gasteiger charge is 2.35. The number of urea groups is 1. The summed E-state index contributed by atoms with van der Waals surface area (Å²) in [6.07, 6.45) is 3.70. The molecule has 9 nitrogen and oxygen atoms in total. The zero-order chi connectivity index (χ0) is 28.4. The number of carbonyl (C=O) groups is 2. The first-order valence-corrected chi connectivity index (χ1v) is 14.0. The Morgan fingerprint density at radius 3 is 2.56 bits per heavy atom. The molecule has 2 aliphatic rings. The van der Waals surface area contributed by atoms with Gasteiger partial charge in [0.15, 0.2) is 0 Å². The van der Waals surface area contributed by atoms with Crippen LogP contribution in [-0.4, -0.2) is 33.4 Å². The second-order valence-electron chi connectivity index (χ2n) is 11.3. The molecule has 0 saturated carbocycles. The summed E-state index contributed by atoms with van der Waals surface area (Å²) in [6.45, 7) is 5.77. The molecule has 2 aromatic heterocycles. The molecule has 1 aliphatic carbocycles. The standard InChI is InChI=1S/C32H32N6O3/c1-17(2)15-38-26-12-7-19(35-32(40)34-18-5-8-20(41-4)9-6-18)13-22(26)28-23-14-33-31(39)29(23)27-21(30(28)38)10-11-25-24(27)16-37(3)36-25/h5-9,12-13,16-17H,10-11,14-15H2,1-4H3,(H,33,39)(H2,34,35,40). The maximum absolute atomic E-state index is 13.3. The fourth-order valence-electron chi connectivity index (χ4n) is 6.52. The van der Waals surface area contributed by atoms with Gasteiger partial charge >= 0.3 is 6.03 Å². The van der Waals surface area contributed by atoms with E-state index in [1.54, 1.807) is 31.4 Å². The minimum atomic E-state index is -0.330. The van der Waals surface area contributed by atoms with Gasteiger partial charge in [-0.25, -0.2) is 4.79 Å². The smallest absolute Gasteiger partial charge is 0.323 e. The molecule has 3 N–H and O–H groups in total. The molecule has 0 saturated heterocycles. The number of benzene rings is 3. The lowest BCUT2D eigenvalue weighted by Crippen LogP contribution is -2.19. The maximum Gasteiger partial charge on any atom is 0.323 e. The second kappa shape index (κ2) is 9.40. The Morgan fingerprint density at radius 2 is 1.80 bits per heavy atom. The lowest BCUT2D eigenvalue weighted by atomic mass is 9.82. The summed E-state index contributed by atoms with van der Waals surface area (Å²) in [7, 11) is 3.54. The number of rotatable bonds is 5. The Bertz CT molecular complexity index is 1880. The predicted molar refractivity (Wildman–Crippen MR) is 161 cm³/mol. The van der Waals surface area contributed by atoms with Gasteiger partial charge in [0.2, 0.25) is 0 Å². The number of aromatic nitrogens is 3. The van der Waals surface area contributed by atoms with Gasteiger partial charge in [-0.15, -0.1) is 0 Å². The lowest BCUT2D eigenvalue weighted by molar-refractivity contribution is 0.0966. The van der Waals surface area contributed by atoms with E-state index in [0.29, 0.717) is 23.8 Å². The molecular formula is C32H32N6O3. The summed E-state index contributed by atoms with van der Waals surface area (Å²) in [6, 6.07) is 12.9. The van der Waals surface area contributed by atoms with Crippen LogP contribution < -0.4 is 20.7 Å². The largest absolute Gasteiger partial charge is 0.497 e. The molecular weight excluding hydrogens is 516 g/mol. The number of ether oxygens (including phenoxy) is 1. The normalized spacial score (nSPS) is 13.7. The van der Waals surface area contributed by atoms with Crippen molar-refractivity contribution in [2.75, 3.05) is 17.7 Å². The molecule has 7 rings (SSSR count). The number of hydrogen-bond acceptors (Lipinski definition) is 4. The van der Waals surface area contributed by atoms with E-state index in [2.05, 4.69) is 40.4 Å². The van der Waals surface area contributed by atoms with Crippen LogP contribution in [0.25, 0.3) is 32.9 Å². The summed E-state index contributed by atoms with van der Waals surface area (Å²) in [5, 5.41) is 15.8. The lowest BCUT2D eigenvalue weighted by Gasteiger charge is -2.22. The Labute approximate surface area is 237 Å². The average molecular weight is 549 g/mol. The van der Waals surface area contributed by atoms with E-state index in [9.17, 15) is 9.59 Å². The van der Waals surface area contributed by atoms with Crippen molar-refractivity contribution in [2.24, 2.45) is 13.0 Å². The number of anilines is 2. The number of carbonyl (C=O) groups excluding carboxylic acids is 2. The minimum Gasteiger partial charge on any atom is -0.497 e. The fraction of sp³-hybridized carbons (Fsp3) is 0.281. The Kier molecular flexibility index (Phi) is 5.78. The van der Waals surface area contributed by atoms with Crippen molar-refractivity contribution in [3.8, 4) is 16.9 Å². The van der Waals surface area contributed by atoms with Crippen LogP contribution in [-0.2, 0) is 33.0 Å². The summed E-state index contributed by atoms with van der Waals surface area (Å²) >= 11 is 0. The van der Waals surface area contributed by atoms with Crippen LogP contribution in [0.4, 0.5) is 16.2 Å². The zero-order valence-electron chi connectivity index (χ0n) is 23.6. The zero-order valence-corrected chi connectivity index (χ0v) is 23.6. The summed E-state index contributed by atoms with van der Waals surface area (Å²) in [5.41, 5.74) is 9.77. The Balaban J connectivity index is 1.39. The van der Waals surface area contributed by atoms with Crippen molar-refractivity contribution < 1.29 is 14.3 Å². The van der Waals surface area contributed by atoms with E-state index in [4.69, 9.17) is 9.84 Å². The van der Waals surface area contributed by atoms with Gasteiger partial charge in [0.25, 0.3) is 5.91 Å². The third-order valence-corrected chi connectivity index (χ3v) is 8.10. The van der Waals surface area contributed by atoms with E-state index in [1.807, 2.05) is 30.1 Å². The minimum absolute atomic E-state index is 0.0345. The molecule has 1 aliphatic heterocycles. The van der Waals surface area contributed by atoms with Gasteiger partial charge in [-0.3, -0.25) is 9.48 Å². The number of aryl methyl sites for hydroxylation is 3. The van der Waals surface area contributed by atoms with Crippen LogP contribution in [0.15, 0.2) is 48.7 Å². The van der Waals surface area contributed by atoms with Gasteiger partial charge < -0.3 is 25.3 Å². The fourth-order valence-corrected chi connectivity index (χ4v) is 6.52. The van der Waals surface area contributed by atoms with Gasteiger partial charge in [0, 0.05) is 65.1 Å². The first kappa shape index (κ1) is 25.2. The Hall–Kier alpha value is -4.79. The van der Waals surface area contributed by atoms with Crippen LogP contribution >= 0.6 is 0 Å². The first-order chi connectivity index (χ1) is 19.8. The second-order valence-corrected chi connectivity index (χ2v) is 11.3. The molecule has 0 unspecified atom stereocenters. The van der Waals surface area contributed by atoms with Crippen LogP contribution in [0, 0.1) is 5.92 Å². The quantitative estimate of drug-likeness (QED) is 0.257. The number of hydrogen-bond donors (Lipinski definition) is 3. The van der Waals surface area contributed by atoms with Gasteiger partial charge in [0.05, 0.1) is 23.9 Å². The van der Waals surface area contributed by atoms with Gasteiger partial charge in [-0.1, -0.05) is 13.8 Å². The predicted octanol–water partition coefficient (Wildman–Crippen LogP) is 5.85. The van der Waals surface area contributed by atoms with Gasteiger partial charge in [0.1, 0.15) is 5.75 Å². The molecule has 9 heteroatoms. The van der Waals surface area contributed by atoms with Crippen molar-refractivity contribution in [1.82, 2.24) is 19.7 Å². The highest BCUT2D eigenvalue weighted by atomic mass is 16.5. The number of nitrogens with one attached hydrogen (secondary N) is 3. The molecule has 41 heavy (non-hydrogen) atoms. The van der Waals surface area contributed by atoms with E-state index >= 15 is 0 Å². The molecule has 0 radical (unpaired) electrons. The number of nitrogens with zero attached hydrogens (tertiary/aromatic N) is 3. The number of amides is 3. The monoisotopic (exact) mass is 548 g/mol. The molecule has 208 valence electrons. The SMILES string of the molecule is COc1ccc(NC(=O)Nc2ccc3c(c2)c2c4c(c5c(c2n3CC(C)C)CCc2nn(C)cc2-5)C(=O)NC4)cc1. The van der Waals surface area contributed by atoms with E-state index in [1.165, 1.54) is 11.1 Å². The highest BCUT2D eigenvalue weighted by molar-refractivity contribution is 6.20. The third-order valence-electron chi connectivity index (χ3n) is 8.10. The topological polar surface area (TPSA) is 102 Å². The van der Waals surface area contributed by atoms with Gasteiger partial charge in [-0.2, -0.15) is 5.10 Å². The third kappa shape index (κ3) is 4.03. The van der Waals surface area contributed by atoms with E-state index < -0.39 is 0 Å². The Morgan fingerprint density at radius 1 is 1.05 bits per heavy atom. The molecule has 3 amide bonds. The summed E-state index contributed by atoms with van der Waals surface area (Å²) in [5.74, 6) is 1.11. The highest BCUT2D eigenvalue weighted by Crippen LogP contribution is 2.47. The molecule has 0 atom stereocenters. The molecule has 0 bridgehead atoms. The number of methoxy groups -OCH3 is 1. The molecule has 3 heterocycles. The van der Waals surface area contributed by atoms with Crippen LogP contribution in [0.3, 0.4) is 0 Å². The van der Waals surface area contributed by atoms with E-state index in [0.717, 1.165) is 69.4 Å². The maximum atomic E-state index is 13.3. The number of fused-ring (bicyclic) bond motifs is 10. The van der Waals surface area contributed by atoms with Crippen molar-refractivity contribution in [2.45, 2.75) is 39.8 Å². The summed E-state index contributed by atoms with van der Waals surface area (Å²) < 4.78 is 9.47. The van der Waals surface area contributed by atoms with Crippen LogP contribution in [0.1, 0.15) is 41.0 Å². The molecule has 3 aromatic carbocycles. The first-order valence-electron chi connectivity index (χ1n) is 14.0. The van der Waals surface area contributed by atoms with Crippen molar-refractivity contribution in [3.63, 3.8) is 0 Å². The van der Waals surface area contributed by atoms with Crippen molar-refractivity contribution >= 4 is 45.1 Å². The van der Waals surface area contributed by atoms with E-state index in [-0.39, 0.29) is 11.9 Å². The molecule has 0 spiro atoms. The van der Waals surface area contributed by atoms with Crippen LogP contribution in [0.2, 0.25) is 0 Å². The molecule has 0 fully saturated rings. The van der Waals surface area contributed by atoms with Crippen molar-refractivity contribution in [3.05, 3.63) is 71.0 Å². The molecule has 5 aromatic rings. The van der Waals surface area contributed by atoms with Gasteiger partial charge in [-0.05, 0) is 72.4 Å².